The number of ether oxygens (including phenoxy) is 1. The summed E-state index contributed by atoms with van der Waals surface area (Å²) < 4.78 is 17.8. The molecule has 1 aliphatic rings. The van der Waals surface area contributed by atoms with Crippen molar-refractivity contribution in [1.82, 2.24) is 0 Å². The molecule has 1 aromatic rings. The summed E-state index contributed by atoms with van der Waals surface area (Å²) in [6, 6.07) is 5.51. The zero-order valence-corrected chi connectivity index (χ0v) is 10.7. The highest BCUT2D eigenvalue weighted by Gasteiger charge is 2.29. The Morgan fingerprint density at radius 3 is 2.63 bits per heavy atom. The predicted molar refractivity (Wildman–Crippen MR) is 68.8 cm³/mol. The number of rotatable bonds is 5. The molecule has 0 aliphatic carbocycles. The third kappa shape index (κ3) is 2.89. The molecule has 100 valence electrons. The van der Waals surface area contributed by atoms with Crippen LogP contribution in [-0.4, -0.2) is 18.4 Å². The lowest BCUT2D eigenvalue weighted by Gasteiger charge is -2.03. The molecule has 3 nitrogen and oxygen atoms in total. The quantitative estimate of drug-likeness (QED) is 0.766. The van der Waals surface area contributed by atoms with Crippen LogP contribution in [0.15, 0.2) is 29.8 Å². The number of esters is 1. The molecule has 4 heteroatoms. The number of hydrogen-bond donors (Lipinski definition) is 0. The van der Waals surface area contributed by atoms with E-state index in [1.807, 2.05) is 6.92 Å². The molecule has 19 heavy (non-hydrogen) atoms. The summed E-state index contributed by atoms with van der Waals surface area (Å²) in [5.41, 5.74) is 1.22. The second-order valence-electron chi connectivity index (χ2n) is 4.46. The fraction of sp³-hybridized carbons (Fsp3) is 0.333. The Hall–Kier alpha value is -1.97. The van der Waals surface area contributed by atoms with E-state index in [0.717, 1.165) is 12.8 Å². The van der Waals surface area contributed by atoms with Crippen molar-refractivity contribution in [3.05, 3.63) is 41.2 Å². The minimum atomic E-state index is -0.508. The van der Waals surface area contributed by atoms with Gasteiger partial charge in [-0.2, -0.15) is 0 Å². The lowest BCUT2D eigenvalue weighted by molar-refractivity contribution is -0.134. The number of benzene rings is 1. The molecule has 0 fully saturated rings. The maximum Gasteiger partial charge on any atom is 0.339 e. The van der Waals surface area contributed by atoms with Crippen molar-refractivity contribution < 1.29 is 18.7 Å². The topological polar surface area (TPSA) is 43.4 Å². The van der Waals surface area contributed by atoms with Gasteiger partial charge in [0, 0.05) is 12.0 Å². The minimum absolute atomic E-state index is 0.0219. The van der Waals surface area contributed by atoms with Crippen LogP contribution in [0.25, 0.3) is 5.57 Å². The van der Waals surface area contributed by atoms with Crippen LogP contribution < -0.4 is 0 Å². The minimum Gasteiger partial charge on any atom is -0.457 e. The van der Waals surface area contributed by atoms with Gasteiger partial charge in [0.15, 0.2) is 5.78 Å². The Morgan fingerprint density at radius 1 is 1.32 bits per heavy atom. The monoisotopic (exact) mass is 262 g/mol. The van der Waals surface area contributed by atoms with E-state index in [9.17, 15) is 14.0 Å². The van der Waals surface area contributed by atoms with Gasteiger partial charge in [0.25, 0.3) is 0 Å². The van der Waals surface area contributed by atoms with E-state index in [-0.39, 0.29) is 23.8 Å². The van der Waals surface area contributed by atoms with E-state index in [0.29, 0.717) is 17.6 Å². The molecule has 1 heterocycles. The highest BCUT2D eigenvalue weighted by Crippen LogP contribution is 2.28. The fourth-order valence-corrected chi connectivity index (χ4v) is 2.02. The SMILES string of the molecule is CCCCC(=O)C1=C(c2ccc(F)cc2)C(=O)OC1. The van der Waals surface area contributed by atoms with Gasteiger partial charge in [-0.05, 0) is 24.1 Å². The van der Waals surface area contributed by atoms with Crippen molar-refractivity contribution in [2.75, 3.05) is 6.61 Å². The van der Waals surface area contributed by atoms with Crippen molar-refractivity contribution in [3.63, 3.8) is 0 Å². The molecule has 0 aromatic heterocycles. The van der Waals surface area contributed by atoms with Crippen LogP contribution in [0.5, 0.6) is 0 Å². The average molecular weight is 262 g/mol. The first-order chi connectivity index (χ1) is 9.13. The van der Waals surface area contributed by atoms with Crippen LogP contribution in [0, 0.1) is 5.82 Å². The Morgan fingerprint density at radius 2 is 2.00 bits per heavy atom. The number of cyclic esters (lactones) is 1. The second-order valence-corrected chi connectivity index (χ2v) is 4.46. The second kappa shape index (κ2) is 5.78. The summed E-state index contributed by atoms with van der Waals surface area (Å²) in [6.45, 7) is 2.02. The van der Waals surface area contributed by atoms with Gasteiger partial charge in [0.1, 0.15) is 12.4 Å². The van der Waals surface area contributed by atoms with Crippen LogP contribution in [0.4, 0.5) is 4.39 Å². The summed E-state index contributed by atoms with van der Waals surface area (Å²) in [4.78, 5) is 23.8. The van der Waals surface area contributed by atoms with Crippen molar-refractivity contribution in [3.8, 4) is 0 Å². The van der Waals surface area contributed by atoms with Crippen molar-refractivity contribution in [2.45, 2.75) is 26.2 Å². The van der Waals surface area contributed by atoms with Gasteiger partial charge in [-0.25, -0.2) is 9.18 Å². The van der Waals surface area contributed by atoms with E-state index in [2.05, 4.69) is 0 Å². The number of carbonyl (C=O) groups excluding carboxylic acids is 2. The average Bonchev–Trinajstić information content (AvgIpc) is 2.79. The third-order valence-corrected chi connectivity index (χ3v) is 3.08. The highest BCUT2D eigenvalue weighted by atomic mass is 19.1. The number of carbonyl (C=O) groups is 2. The van der Waals surface area contributed by atoms with Crippen molar-refractivity contribution in [1.29, 1.82) is 0 Å². The molecule has 1 aromatic carbocycles. The first-order valence-corrected chi connectivity index (χ1v) is 6.33. The Bertz CT molecular complexity index is 529. The number of Topliss-reactive ketones (excluding diaryl/α,β-unsaturated/α-hetero) is 1. The summed E-state index contributed by atoms with van der Waals surface area (Å²) in [6.07, 6.45) is 2.11. The molecule has 0 unspecified atom stereocenters. The van der Waals surface area contributed by atoms with Gasteiger partial charge in [-0.1, -0.05) is 25.5 Å². The molecule has 0 saturated heterocycles. The van der Waals surface area contributed by atoms with Gasteiger partial charge in [-0.15, -0.1) is 0 Å². The van der Waals surface area contributed by atoms with Crippen LogP contribution in [0.3, 0.4) is 0 Å². The van der Waals surface area contributed by atoms with Gasteiger partial charge < -0.3 is 4.74 Å². The standard InChI is InChI=1S/C15H15FO3/c1-2-3-4-13(17)12-9-19-15(18)14(12)10-5-7-11(16)8-6-10/h5-8H,2-4,9H2,1H3. The van der Waals surface area contributed by atoms with E-state index in [1.54, 1.807) is 0 Å². The first-order valence-electron chi connectivity index (χ1n) is 6.33. The maximum absolute atomic E-state index is 12.9. The lowest BCUT2D eigenvalue weighted by Crippen LogP contribution is -2.05. The fourth-order valence-electron chi connectivity index (χ4n) is 2.02. The number of hydrogen-bond acceptors (Lipinski definition) is 3. The summed E-state index contributed by atoms with van der Waals surface area (Å²) in [5.74, 6) is -0.951. The summed E-state index contributed by atoms with van der Waals surface area (Å²) in [5, 5.41) is 0. The Kier molecular flexibility index (Phi) is 4.10. The largest absolute Gasteiger partial charge is 0.457 e. The number of ketones is 1. The zero-order valence-electron chi connectivity index (χ0n) is 10.7. The molecule has 0 amide bonds. The van der Waals surface area contributed by atoms with Crippen LogP contribution >= 0.6 is 0 Å². The number of unbranched alkanes of at least 4 members (excludes halogenated alkanes) is 1. The van der Waals surface area contributed by atoms with Crippen LogP contribution in [-0.2, 0) is 14.3 Å². The van der Waals surface area contributed by atoms with Gasteiger partial charge in [0.2, 0.25) is 0 Å². The highest BCUT2D eigenvalue weighted by molar-refractivity contribution is 6.26. The van der Waals surface area contributed by atoms with Crippen molar-refractivity contribution >= 4 is 17.3 Å². The summed E-state index contributed by atoms with van der Waals surface area (Å²) >= 11 is 0. The molecule has 0 atom stereocenters. The Labute approximate surface area is 111 Å². The molecule has 1 aliphatic heterocycles. The van der Waals surface area contributed by atoms with E-state index >= 15 is 0 Å². The molecule has 2 rings (SSSR count). The predicted octanol–water partition coefficient (Wildman–Crippen LogP) is 2.90. The third-order valence-electron chi connectivity index (χ3n) is 3.08. The van der Waals surface area contributed by atoms with Gasteiger partial charge >= 0.3 is 5.97 Å². The molecular weight excluding hydrogens is 247 g/mol. The van der Waals surface area contributed by atoms with E-state index in [1.165, 1.54) is 24.3 Å². The molecule has 0 bridgehead atoms. The van der Waals surface area contributed by atoms with E-state index < -0.39 is 5.97 Å². The van der Waals surface area contributed by atoms with Gasteiger partial charge in [-0.3, -0.25) is 4.79 Å². The maximum atomic E-state index is 12.9. The molecular formula is C15H15FO3. The molecule has 0 N–H and O–H groups in total. The molecule has 0 radical (unpaired) electrons. The Balaban J connectivity index is 2.34. The zero-order chi connectivity index (χ0) is 13.8. The van der Waals surface area contributed by atoms with E-state index in [4.69, 9.17) is 4.74 Å². The van der Waals surface area contributed by atoms with Gasteiger partial charge in [0.05, 0.1) is 5.57 Å². The normalized spacial score (nSPS) is 14.7. The van der Waals surface area contributed by atoms with Crippen molar-refractivity contribution in [2.24, 2.45) is 0 Å². The molecule has 0 spiro atoms. The van der Waals surface area contributed by atoms with Crippen LogP contribution in [0.1, 0.15) is 31.7 Å². The summed E-state index contributed by atoms with van der Waals surface area (Å²) in [7, 11) is 0. The first kappa shape index (κ1) is 13.5. The lowest BCUT2D eigenvalue weighted by atomic mass is 9.97. The number of halogens is 1. The smallest absolute Gasteiger partial charge is 0.339 e. The molecule has 0 saturated carbocycles. The van der Waals surface area contributed by atoms with Crippen LogP contribution in [0.2, 0.25) is 0 Å².